The predicted molar refractivity (Wildman–Crippen MR) is 90.4 cm³/mol. The van der Waals surface area contributed by atoms with Gasteiger partial charge in [-0.15, -0.1) is 0 Å². The number of carbonyl (C=O) groups excluding carboxylic acids is 1. The molecular weight excluding hydrogens is 290 g/mol. The van der Waals surface area contributed by atoms with E-state index in [-0.39, 0.29) is 12.0 Å². The van der Waals surface area contributed by atoms with Crippen molar-refractivity contribution in [1.82, 2.24) is 0 Å². The summed E-state index contributed by atoms with van der Waals surface area (Å²) in [4.78, 5) is 14.6. The Balaban J connectivity index is 1.83. The number of hydrogen-bond acceptors (Lipinski definition) is 3. The number of amides is 1. The van der Waals surface area contributed by atoms with Crippen molar-refractivity contribution in [2.45, 2.75) is 26.4 Å². The molecule has 1 amide bonds. The highest BCUT2D eigenvalue weighted by molar-refractivity contribution is 6.07. The predicted octanol–water partition coefficient (Wildman–Crippen LogP) is 3.90. The Labute approximate surface area is 136 Å². The fourth-order valence-electron chi connectivity index (χ4n) is 2.65. The molecule has 1 atom stereocenters. The Bertz CT molecular complexity index is 681. The van der Waals surface area contributed by atoms with Crippen LogP contribution in [0.15, 0.2) is 48.5 Å². The van der Waals surface area contributed by atoms with E-state index in [0.717, 1.165) is 23.6 Å². The number of rotatable bonds is 4. The Morgan fingerprint density at radius 1 is 1.22 bits per heavy atom. The summed E-state index contributed by atoms with van der Waals surface area (Å²) in [6.07, 6.45) is 0.935. The average Bonchev–Trinajstić information content (AvgIpc) is 2.59. The molecule has 1 aliphatic heterocycles. The molecule has 23 heavy (non-hydrogen) atoms. The topological polar surface area (TPSA) is 38.8 Å². The molecule has 0 bridgehead atoms. The second-order valence-electron chi connectivity index (χ2n) is 5.68. The minimum atomic E-state index is -0.0268. The number of carbonyl (C=O) groups is 1. The van der Waals surface area contributed by atoms with Crippen molar-refractivity contribution < 1.29 is 14.3 Å². The fourth-order valence-corrected chi connectivity index (χ4v) is 2.65. The number of ether oxygens (including phenoxy) is 2. The molecule has 120 valence electrons. The summed E-state index contributed by atoms with van der Waals surface area (Å²) in [5.74, 6) is 1.52. The van der Waals surface area contributed by atoms with Gasteiger partial charge in [-0.1, -0.05) is 19.1 Å². The highest BCUT2D eigenvalue weighted by Crippen LogP contribution is 2.34. The molecular formula is C19H21NO3. The second-order valence-corrected chi connectivity index (χ2v) is 5.68. The molecule has 1 heterocycles. The SMILES string of the molecule is CCCOc1ccc(C(=O)N2C[C@@H](C)Oc3ccccc32)cc1. The quantitative estimate of drug-likeness (QED) is 0.859. The minimum absolute atomic E-state index is 0.0189. The molecule has 0 saturated carbocycles. The highest BCUT2D eigenvalue weighted by atomic mass is 16.5. The Kier molecular flexibility index (Phi) is 4.51. The molecule has 2 aromatic rings. The Hall–Kier alpha value is -2.49. The van der Waals surface area contributed by atoms with E-state index >= 15 is 0 Å². The van der Waals surface area contributed by atoms with E-state index in [9.17, 15) is 4.79 Å². The summed E-state index contributed by atoms with van der Waals surface area (Å²) in [6.45, 7) is 5.26. The molecule has 0 unspecified atom stereocenters. The van der Waals surface area contributed by atoms with Crippen molar-refractivity contribution in [2.24, 2.45) is 0 Å². The van der Waals surface area contributed by atoms with Gasteiger partial charge < -0.3 is 14.4 Å². The fraction of sp³-hybridized carbons (Fsp3) is 0.316. The second kappa shape index (κ2) is 6.73. The van der Waals surface area contributed by atoms with E-state index < -0.39 is 0 Å². The molecule has 4 heteroatoms. The summed E-state index contributed by atoms with van der Waals surface area (Å²) in [5, 5.41) is 0. The number of para-hydroxylation sites is 2. The van der Waals surface area contributed by atoms with Gasteiger partial charge in [-0.25, -0.2) is 0 Å². The first-order chi connectivity index (χ1) is 11.2. The first-order valence-corrected chi connectivity index (χ1v) is 7.99. The lowest BCUT2D eigenvalue weighted by molar-refractivity contribution is 0.0961. The van der Waals surface area contributed by atoms with Gasteiger partial charge in [-0.2, -0.15) is 0 Å². The van der Waals surface area contributed by atoms with E-state index in [1.165, 1.54) is 0 Å². The van der Waals surface area contributed by atoms with Crippen LogP contribution in [0.5, 0.6) is 11.5 Å². The highest BCUT2D eigenvalue weighted by Gasteiger charge is 2.27. The van der Waals surface area contributed by atoms with Crippen LogP contribution in [0, 0.1) is 0 Å². The monoisotopic (exact) mass is 311 g/mol. The first kappa shape index (κ1) is 15.4. The van der Waals surface area contributed by atoms with Crippen LogP contribution in [0.4, 0.5) is 5.69 Å². The van der Waals surface area contributed by atoms with Gasteiger partial charge in [0.2, 0.25) is 0 Å². The van der Waals surface area contributed by atoms with Gasteiger partial charge in [-0.05, 0) is 49.7 Å². The molecule has 3 rings (SSSR count). The van der Waals surface area contributed by atoms with Gasteiger partial charge in [0.1, 0.15) is 17.6 Å². The van der Waals surface area contributed by atoms with E-state index in [0.29, 0.717) is 18.7 Å². The van der Waals surface area contributed by atoms with Crippen LogP contribution >= 0.6 is 0 Å². The van der Waals surface area contributed by atoms with Gasteiger partial charge in [0.05, 0.1) is 18.8 Å². The largest absolute Gasteiger partial charge is 0.494 e. The van der Waals surface area contributed by atoms with Gasteiger partial charge >= 0.3 is 0 Å². The third-order valence-electron chi connectivity index (χ3n) is 3.74. The molecule has 0 N–H and O–H groups in total. The standard InChI is InChI=1S/C19H21NO3/c1-3-12-22-16-10-8-15(9-11-16)19(21)20-13-14(2)23-18-7-5-4-6-17(18)20/h4-11,14H,3,12-13H2,1-2H3/t14-/m1/s1. The zero-order chi connectivity index (χ0) is 16.2. The van der Waals surface area contributed by atoms with Gasteiger partial charge in [0, 0.05) is 5.56 Å². The van der Waals surface area contributed by atoms with Gasteiger partial charge in [-0.3, -0.25) is 4.79 Å². The van der Waals surface area contributed by atoms with E-state index in [2.05, 4.69) is 6.92 Å². The van der Waals surface area contributed by atoms with Crippen molar-refractivity contribution in [3.05, 3.63) is 54.1 Å². The molecule has 0 radical (unpaired) electrons. The number of fused-ring (bicyclic) bond motifs is 1. The molecule has 1 aliphatic rings. The lowest BCUT2D eigenvalue weighted by atomic mass is 10.1. The van der Waals surface area contributed by atoms with E-state index in [1.54, 1.807) is 4.90 Å². The average molecular weight is 311 g/mol. The van der Waals surface area contributed by atoms with Crippen molar-refractivity contribution >= 4 is 11.6 Å². The minimum Gasteiger partial charge on any atom is -0.494 e. The van der Waals surface area contributed by atoms with Crippen LogP contribution in [0.2, 0.25) is 0 Å². The molecule has 2 aromatic carbocycles. The molecule has 0 aliphatic carbocycles. The van der Waals surface area contributed by atoms with Crippen molar-refractivity contribution in [3.8, 4) is 11.5 Å². The van der Waals surface area contributed by atoms with Crippen LogP contribution < -0.4 is 14.4 Å². The Morgan fingerprint density at radius 3 is 2.70 bits per heavy atom. The lowest BCUT2D eigenvalue weighted by Gasteiger charge is -2.33. The maximum atomic E-state index is 12.9. The summed E-state index contributed by atoms with van der Waals surface area (Å²) >= 11 is 0. The molecule has 0 saturated heterocycles. The molecule has 0 aromatic heterocycles. The zero-order valence-corrected chi connectivity index (χ0v) is 13.5. The van der Waals surface area contributed by atoms with Crippen LogP contribution in [0.3, 0.4) is 0 Å². The summed E-state index contributed by atoms with van der Waals surface area (Å²) in [6, 6.07) is 15.0. The van der Waals surface area contributed by atoms with Crippen LogP contribution in [-0.2, 0) is 0 Å². The molecule has 4 nitrogen and oxygen atoms in total. The zero-order valence-electron chi connectivity index (χ0n) is 13.5. The normalized spacial score (nSPS) is 16.4. The first-order valence-electron chi connectivity index (χ1n) is 7.99. The number of nitrogens with zero attached hydrogens (tertiary/aromatic N) is 1. The maximum Gasteiger partial charge on any atom is 0.258 e. The third kappa shape index (κ3) is 3.31. The van der Waals surface area contributed by atoms with Crippen molar-refractivity contribution in [1.29, 1.82) is 0 Å². The third-order valence-corrected chi connectivity index (χ3v) is 3.74. The van der Waals surface area contributed by atoms with Crippen molar-refractivity contribution in [2.75, 3.05) is 18.1 Å². The summed E-state index contributed by atoms with van der Waals surface area (Å²) < 4.78 is 11.4. The summed E-state index contributed by atoms with van der Waals surface area (Å²) in [7, 11) is 0. The van der Waals surface area contributed by atoms with Gasteiger partial charge in [0.15, 0.2) is 0 Å². The van der Waals surface area contributed by atoms with Crippen molar-refractivity contribution in [3.63, 3.8) is 0 Å². The van der Waals surface area contributed by atoms with E-state index in [1.807, 2.05) is 55.5 Å². The number of benzene rings is 2. The number of anilines is 1. The van der Waals surface area contributed by atoms with Crippen LogP contribution in [0.25, 0.3) is 0 Å². The smallest absolute Gasteiger partial charge is 0.258 e. The van der Waals surface area contributed by atoms with Gasteiger partial charge in [0.25, 0.3) is 5.91 Å². The Morgan fingerprint density at radius 2 is 1.96 bits per heavy atom. The molecule has 0 fully saturated rings. The van der Waals surface area contributed by atoms with Crippen LogP contribution in [0.1, 0.15) is 30.6 Å². The molecule has 0 spiro atoms. The summed E-state index contributed by atoms with van der Waals surface area (Å²) in [5.41, 5.74) is 1.47. The van der Waals surface area contributed by atoms with E-state index in [4.69, 9.17) is 9.47 Å². The van der Waals surface area contributed by atoms with Crippen LogP contribution in [-0.4, -0.2) is 25.2 Å². The maximum absolute atomic E-state index is 12.9. The lowest BCUT2D eigenvalue weighted by Crippen LogP contribution is -2.42. The number of hydrogen-bond donors (Lipinski definition) is 0.